The van der Waals surface area contributed by atoms with Crippen LogP contribution in [0.2, 0.25) is 0 Å². The van der Waals surface area contributed by atoms with Crippen molar-refractivity contribution >= 4 is 11.8 Å². The number of hydrogen-bond acceptors (Lipinski definition) is 8. The number of nitrogens with one attached hydrogen (secondary N) is 1. The molecule has 0 radical (unpaired) electrons. The highest BCUT2D eigenvalue weighted by Gasteiger charge is 2.47. The highest BCUT2D eigenvalue weighted by molar-refractivity contribution is 5.90. The fraction of sp³-hybridized carbons (Fsp3) is 0.400. The highest BCUT2D eigenvalue weighted by atomic mass is 19.4. The molecule has 0 spiro atoms. The van der Waals surface area contributed by atoms with Crippen LogP contribution in [-0.4, -0.2) is 54.1 Å². The monoisotopic (exact) mass is 718 g/mol. The molecule has 268 valence electrons. The maximum Gasteiger partial charge on any atom is 0.416 e. The van der Waals surface area contributed by atoms with Gasteiger partial charge in [-0.25, -0.2) is 14.8 Å². The number of aromatic nitrogens is 6. The van der Waals surface area contributed by atoms with Crippen LogP contribution < -0.4 is 15.4 Å². The number of carboxylic acid groups (broad SMARTS) is 1. The summed E-state index contributed by atoms with van der Waals surface area (Å²) in [6, 6.07) is 3.40. The minimum atomic E-state index is -5.13. The van der Waals surface area contributed by atoms with Crippen LogP contribution in [0.4, 0.5) is 50.0 Å². The Hall–Kier alpha value is -5.01. The number of tetrazole rings is 1. The zero-order valence-corrected chi connectivity index (χ0v) is 25.8. The van der Waals surface area contributed by atoms with Crippen molar-refractivity contribution in [2.24, 2.45) is 5.73 Å². The second-order valence-corrected chi connectivity index (χ2v) is 11.5. The van der Waals surface area contributed by atoms with Gasteiger partial charge in [0.25, 0.3) is 0 Å². The number of fused-ring (bicyclic) bond motifs is 1. The van der Waals surface area contributed by atoms with Gasteiger partial charge in [-0.3, -0.25) is 4.90 Å². The van der Waals surface area contributed by atoms with Crippen LogP contribution in [0, 0.1) is 0 Å². The summed E-state index contributed by atoms with van der Waals surface area (Å²) in [6.07, 6.45) is -15.9. The van der Waals surface area contributed by atoms with Gasteiger partial charge in [0, 0.05) is 18.8 Å². The summed E-state index contributed by atoms with van der Waals surface area (Å²) in [6.45, 7) is 1.50. The number of ether oxygens (including phenoxy) is 1. The maximum atomic E-state index is 13.8. The highest BCUT2D eigenvalue weighted by Crippen LogP contribution is 2.47. The molecular formula is C30H27F9N8O3. The predicted molar refractivity (Wildman–Crippen MR) is 155 cm³/mol. The summed E-state index contributed by atoms with van der Waals surface area (Å²) in [4.78, 5) is 21.8. The molecule has 0 saturated carbocycles. The molecule has 2 aromatic heterocycles. The van der Waals surface area contributed by atoms with Crippen molar-refractivity contribution in [2.75, 3.05) is 11.5 Å². The molecule has 1 amide bonds. The number of carbonyl (C=O) groups is 1. The van der Waals surface area contributed by atoms with E-state index in [2.05, 4.69) is 30.6 Å². The number of halogens is 9. The molecule has 0 fully saturated rings. The molecule has 4 aromatic rings. The number of aryl methyl sites for hydroxylation is 1. The second kappa shape index (κ2) is 13.4. The van der Waals surface area contributed by atoms with Crippen molar-refractivity contribution < 1.29 is 54.2 Å². The van der Waals surface area contributed by atoms with Crippen molar-refractivity contribution in [3.8, 4) is 5.75 Å². The van der Waals surface area contributed by atoms with Gasteiger partial charge in [-0.2, -0.15) is 44.7 Å². The summed E-state index contributed by atoms with van der Waals surface area (Å²) in [7, 11) is 0. The summed E-state index contributed by atoms with van der Waals surface area (Å²) in [5.41, 5.74) is -0.366. The molecule has 5 rings (SSSR count). The first-order chi connectivity index (χ1) is 23.3. The summed E-state index contributed by atoms with van der Waals surface area (Å²) >= 11 is 0. The summed E-state index contributed by atoms with van der Waals surface area (Å²) < 4.78 is 129. The molecule has 1 aliphatic heterocycles. The lowest BCUT2D eigenvalue weighted by atomic mass is 9.80. The molecule has 2 atom stereocenters. The fourth-order valence-electron chi connectivity index (χ4n) is 5.69. The van der Waals surface area contributed by atoms with Crippen LogP contribution in [0.3, 0.4) is 0 Å². The molecule has 0 bridgehead atoms. The van der Waals surface area contributed by atoms with E-state index < -0.39 is 64.9 Å². The molecule has 50 heavy (non-hydrogen) atoms. The smallest absolute Gasteiger partial charge is 0.416 e. The van der Waals surface area contributed by atoms with E-state index in [0.717, 1.165) is 23.2 Å². The second-order valence-electron chi connectivity index (χ2n) is 11.5. The van der Waals surface area contributed by atoms with E-state index in [0.29, 0.717) is 24.0 Å². The Kier molecular flexibility index (Phi) is 9.70. The van der Waals surface area contributed by atoms with Crippen molar-refractivity contribution in [1.29, 1.82) is 0 Å². The lowest BCUT2D eigenvalue weighted by Gasteiger charge is -2.46. The quantitative estimate of drug-likeness (QED) is 0.126. The van der Waals surface area contributed by atoms with Crippen LogP contribution in [0.1, 0.15) is 77.3 Å². The van der Waals surface area contributed by atoms with Gasteiger partial charge in [-0.1, -0.05) is 12.1 Å². The van der Waals surface area contributed by atoms with E-state index in [1.807, 2.05) is 0 Å². The van der Waals surface area contributed by atoms with Gasteiger partial charge in [0.2, 0.25) is 0 Å². The topological polar surface area (TPSA) is 156 Å². The minimum Gasteiger partial charge on any atom is -0.490 e. The summed E-state index contributed by atoms with van der Waals surface area (Å²) in [5, 5.41) is 23.3. The summed E-state index contributed by atoms with van der Waals surface area (Å²) in [5.74, 6) is -1.19. The average molecular weight is 719 g/mol. The molecule has 20 heteroatoms. The number of rotatable bonds is 9. The van der Waals surface area contributed by atoms with Crippen LogP contribution in [0.25, 0.3) is 0 Å². The molecule has 2 aromatic carbocycles. The Morgan fingerprint density at radius 1 is 1.02 bits per heavy atom. The number of nitrogens with zero attached hydrogens (tertiary/aromatic N) is 6. The van der Waals surface area contributed by atoms with Crippen LogP contribution in [0.5, 0.6) is 5.75 Å². The van der Waals surface area contributed by atoms with E-state index in [-0.39, 0.29) is 66.9 Å². The fourth-order valence-corrected chi connectivity index (χ4v) is 5.69. The maximum absolute atomic E-state index is 13.8. The van der Waals surface area contributed by atoms with E-state index in [1.165, 1.54) is 0 Å². The normalized spacial score (nSPS) is 18.2. The number of amides is 1. The number of nitrogens with two attached hydrogens (primary N) is 1. The lowest BCUT2D eigenvalue weighted by molar-refractivity contribution is -0.143. The molecule has 0 aliphatic carbocycles. The van der Waals surface area contributed by atoms with Crippen molar-refractivity contribution in [2.45, 2.75) is 69.1 Å². The Balaban J connectivity index is 1.62. The number of aromatic amines is 1. The predicted octanol–water partition coefficient (Wildman–Crippen LogP) is 6.73. The lowest BCUT2D eigenvalue weighted by Crippen LogP contribution is -2.61. The molecule has 3 heterocycles. The van der Waals surface area contributed by atoms with Gasteiger partial charge >= 0.3 is 24.6 Å². The SMILES string of the molecule is CC[C@]1(N)C[C@H](c2ncc(OCCCc3nn[nH]n3)c(Cc3cc(C(F)(F)F)cc(C(F)(F)F)c3)n2)c2cc(C(F)(F)F)ccc2N1C(=O)O. The van der Waals surface area contributed by atoms with Gasteiger partial charge in [-0.15, -0.1) is 10.2 Å². The van der Waals surface area contributed by atoms with E-state index in [9.17, 15) is 49.4 Å². The Morgan fingerprint density at radius 3 is 2.24 bits per heavy atom. The van der Waals surface area contributed by atoms with E-state index in [1.54, 1.807) is 6.92 Å². The number of hydrogen-bond donors (Lipinski definition) is 3. The Morgan fingerprint density at radius 2 is 1.68 bits per heavy atom. The number of anilines is 1. The van der Waals surface area contributed by atoms with Crippen LogP contribution in [0.15, 0.2) is 42.6 Å². The number of benzene rings is 2. The molecule has 11 nitrogen and oxygen atoms in total. The van der Waals surface area contributed by atoms with Crippen molar-refractivity contribution in [3.05, 3.63) is 87.8 Å². The minimum absolute atomic E-state index is 0.00482. The van der Waals surface area contributed by atoms with Gasteiger partial charge in [0.1, 0.15) is 11.5 Å². The van der Waals surface area contributed by atoms with Crippen molar-refractivity contribution in [3.63, 3.8) is 0 Å². The van der Waals surface area contributed by atoms with Crippen LogP contribution in [-0.2, 0) is 31.4 Å². The average Bonchev–Trinajstić information content (AvgIpc) is 3.55. The number of alkyl halides is 9. The van der Waals surface area contributed by atoms with Crippen molar-refractivity contribution in [1.82, 2.24) is 30.6 Å². The largest absolute Gasteiger partial charge is 0.490 e. The third-order valence-electron chi connectivity index (χ3n) is 8.15. The third kappa shape index (κ3) is 7.74. The molecular weight excluding hydrogens is 691 g/mol. The molecule has 0 unspecified atom stereocenters. The zero-order chi connectivity index (χ0) is 36.6. The van der Waals surface area contributed by atoms with Gasteiger partial charge in [0.05, 0.1) is 40.9 Å². The standard InChI is InChI=1S/C30H27F9N8O3/c1-2-27(40)13-20(19-12-16(28(31,32)33)5-6-22(19)47(27)26(48)49)25-41-14-23(50-7-3-4-24-43-45-46-44-24)21(42-25)10-15-8-17(29(34,35)36)11-18(9-15)30(37,38)39/h5-6,8-9,11-12,14,20H,2-4,7,10,13,40H2,1H3,(H,48,49)(H,43,44,45,46)/t20-,27+/m0/s1. The zero-order valence-electron chi connectivity index (χ0n) is 25.8. The first kappa shape index (κ1) is 36.3. The number of H-pyrrole nitrogens is 1. The van der Waals surface area contributed by atoms with Gasteiger partial charge < -0.3 is 15.6 Å². The molecule has 1 aliphatic rings. The van der Waals surface area contributed by atoms with E-state index in [4.69, 9.17) is 10.5 Å². The van der Waals surface area contributed by atoms with E-state index >= 15 is 0 Å². The Labute approximate surface area is 276 Å². The first-order valence-electron chi connectivity index (χ1n) is 14.8. The van der Waals surface area contributed by atoms with Gasteiger partial charge in [0.15, 0.2) is 11.6 Å². The van der Waals surface area contributed by atoms with Crippen LogP contribution >= 0.6 is 0 Å². The molecule has 0 saturated heterocycles. The molecule has 4 N–H and O–H groups in total. The third-order valence-corrected chi connectivity index (χ3v) is 8.15. The Bertz CT molecular complexity index is 1820. The van der Waals surface area contributed by atoms with Gasteiger partial charge in [-0.05, 0) is 66.8 Å². The first-order valence-corrected chi connectivity index (χ1v) is 14.8.